The van der Waals surface area contributed by atoms with E-state index in [1.165, 1.54) is 16.9 Å². The van der Waals surface area contributed by atoms with E-state index < -0.39 is 0 Å². The Balaban J connectivity index is 1.31. The summed E-state index contributed by atoms with van der Waals surface area (Å²) in [5.41, 5.74) is 5.51. The third-order valence-electron chi connectivity index (χ3n) is 6.16. The molecule has 2 N–H and O–H groups in total. The van der Waals surface area contributed by atoms with E-state index in [0.717, 1.165) is 52.5 Å². The average molecular weight is 512 g/mol. The van der Waals surface area contributed by atoms with Crippen LogP contribution in [0.15, 0.2) is 72.2 Å². The van der Waals surface area contributed by atoms with Gasteiger partial charge in [-0.2, -0.15) is 0 Å². The third-order valence-corrected chi connectivity index (χ3v) is 7.03. The highest BCUT2D eigenvalue weighted by Crippen LogP contribution is 2.29. The van der Waals surface area contributed by atoms with Gasteiger partial charge in [0.15, 0.2) is 0 Å². The molecule has 3 heterocycles. The Labute approximate surface area is 220 Å². The van der Waals surface area contributed by atoms with Crippen LogP contribution in [0.25, 0.3) is 11.0 Å². The molecule has 0 aliphatic carbocycles. The van der Waals surface area contributed by atoms with E-state index in [1.807, 2.05) is 41.3 Å². The Morgan fingerprint density at radius 2 is 1.84 bits per heavy atom. The number of carbonyl (C=O) groups excluding carboxylic acids is 1. The number of amides is 1. The second-order valence-electron chi connectivity index (χ2n) is 8.78. The van der Waals surface area contributed by atoms with E-state index in [0.29, 0.717) is 17.2 Å². The number of imidazole rings is 1. The van der Waals surface area contributed by atoms with Crippen molar-refractivity contribution in [1.82, 2.24) is 14.5 Å². The fraction of sp³-hybridized carbons (Fsp3) is 0.207. The van der Waals surface area contributed by atoms with Crippen molar-refractivity contribution in [2.24, 2.45) is 7.05 Å². The predicted molar refractivity (Wildman–Crippen MR) is 150 cm³/mol. The van der Waals surface area contributed by atoms with Crippen molar-refractivity contribution in [2.45, 2.75) is 33.1 Å². The van der Waals surface area contributed by atoms with Gasteiger partial charge in [0.25, 0.3) is 5.91 Å². The number of hydrogen-bond acceptors (Lipinski definition) is 6. The molecule has 5 aromatic rings. The summed E-state index contributed by atoms with van der Waals surface area (Å²) >= 11 is 1.51. The first kappa shape index (κ1) is 24.5. The number of nitrogens with zero attached hydrogens (tertiary/aromatic N) is 3. The van der Waals surface area contributed by atoms with E-state index >= 15 is 0 Å². The molecule has 8 heteroatoms. The molecule has 0 bridgehead atoms. The number of hydrogen-bond donors (Lipinski definition) is 2. The minimum absolute atomic E-state index is 0.263. The molecule has 0 radical (unpaired) electrons. The van der Waals surface area contributed by atoms with E-state index in [1.54, 1.807) is 18.3 Å². The van der Waals surface area contributed by atoms with Crippen molar-refractivity contribution in [1.29, 1.82) is 0 Å². The van der Waals surface area contributed by atoms with E-state index in [4.69, 9.17) is 9.72 Å². The molecule has 2 aromatic carbocycles. The van der Waals surface area contributed by atoms with E-state index in [2.05, 4.69) is 53.7 Å². The lowest BCUT2D eigenvalue weighted by molar-refractivity contribution is 0.102. The van der Waals surface area contributed by atoms with Gasteiger partial charge in [0.1, 0.15) is 17.2 Å². The van der Waals surface area contributed by atoms with Gasteiger partial charge in [-0.1, -0.05) is 32.4 Å². The summed E-state index contributed by atoms with van der Waals surface area (Å²) in [6.07, 6.45) is 4.64. The Morgan fingerprint density at radius 1 is 1.03 bits per heavy atom. The number of thiophene rings is 1. The maximum Gasteiger partial charge on any atom is 0.275 e. The van der Waals surface area contributed by atoms with Crippen LogP contribution in [-0.2, 0) is 19.9 Å². The summed E-state index contributed by atoms with van der Waals surface area (Å²) in [6.45, 7) is 4.24. The molecular weight excluding hydrogens is 482 g/mol. The lowest BCUT2D eigenvalue weighted by Crippen LogP contribution is -2.13. The zero-order valence-electron chi connectivity index (χ0n) is 21.1. The SMILES string of the molecule is CCCc1ccc(Nc2nc3cc(Oc4ccnc(C(=O)Nc5sccc5CC)c4)ccc3n2C)cc1. The van der Waals surface area contributed by atoms with E-state index in [-0.39, 0.29) is 5.91 Å². The molecule has 7 nitrogen and oxygen atoms in total. The molecule has 0 atom stereocenters. The normalized spacial score (nSPS) is 11.0. The fourth-order valence-electron chi connectivity index (χ4n) is 4.15. The highest BCUT2D eigenvalue weighted by atomic mass is 32.1. The number of ether oxygens (including phenoxy) is 1. The number of nitrogens with one attached hydrogen (secondary N) is 2. The van der Waals surface area contributed by atoms with Crippen molar-refractivity contribution < 1.29 is 9.53 Å². The van der Waals surface area contributed by atoms with Crippen LogP contribution in [0.3, 0.4) is 0 Å². The largest absolute Gasteiger partial charge is 0.457 e. The average Bonchev–Trinajstić information content (AvgIpc) is 3.48. The highest BCUT2D eigenvalue weighted by Gasteiger charge is 2.13. The Kier molecular flexibility index (Phi) is 7.18. The van der Waals surface area contributed by atoms with Crippen LogP contribution in [-0.4, -0.2) is 20.4 Å². The van der Waals surface area contributed by atoms with Gasteiger partial charge in [-0.25, -0.2) is 4.98 Å². The standard InChI is InChI=1S/C29H29N5O2S/c1-4-6-19-7-9-21(10-8-19)31-29-32-24-17-22(11-12-26(24)34(29)3)36-23-13-15-30-25(18-23)27(35)33-28-20(5-2)14-16-37-28/h7-18H,4-6H2,1-3H3,(H,31,32)(H,33,35). The molecule has 0 saturated carbocycles. The maximum atomic E-state index is 12.8. The molecule has 1 amide bonds. The fourth-order valence-corrected chi connectivity index (χ4v) is 5.04. The van der Waals surface area contributed by atoms with Crippen LogP contribution in [0, 0.1) is 0 Å². The number of anilines is 3. The summed E-state index contributed by atoms with van der Waals surface area (Å²) in [4.78, 5) is 21.8. The van der Waals surface area contributed by atoms with Crippen LogP contribution < -0.4 is 15.4 Å². The van der Waals surface area contributed by atoms with Gasteiger partial charge in [-0.15, -0.1) is 11.3 Å². The van der Waals surface area contributed by atoms with Crippen molar-refractivity contribution in [3.05, 3.63) is 89.1 Å². The predicted octanol–water partition coefficient (Wildman–Crippen LogP) is 7.33. The minimum atomic E-state index is -0.263. The molecule has 5 rings (SSSR count). The quantitative estimate of drug-likeness (QED) is 0.216. The van der Waals surface area contributed by atoms with Gasteiger partial charge in [-0.05, 0) is 65.7 Å². The maximum absolute atomic E-state index is 12.8. The zero-order valence-corrected chi connectivity index (χ0v) is 21.9. The second kappa shape index (κ2) is 10.8. The van der Waals surface area contributed by atoms with Crippen LogP contribution in [0.5, 0.6) is 11.5 Å². The lowest BCUT2D eigenvalue weighted by Gasteiger charge is -2.08. The van der Waals surface area contributed by atoms with Crippen molar-refractivity contribution in [3.63, 3.8) is 0 Å². The van der Waals surface area contributed by atoms with Gasteiger partial charge in [0, 0.05) is 31.1 Å². The summed E-state index contributed by atoms with van der Waals surface area (Å²) in [7, 11) is 1.98. The molecule has 3 aromatic heterocycles. The number of aryl methyl sites for hydroxylation is 3. The van der Waals surface area contributed by atoms with Crippen LogP contribution in [0.2, 0.25) is 0 Å². The Bertz CT molecular complexity index is 1540. The van der Waals surface area contributed by atoms with Crippen LogP contribution in [0.4, 0.5) is 16.6 Å². The minimum Gasteiger partial charge on any atom is -0.457 e. The topological polar surface area (TPSA) is 81.1 Å². The molecular formula is C29H29N5O2S. The van der Waals surface area contributed by atoms with Crippen LogP contribution in [0.1, 0.15) is 41.9 Å². The molecule has 0 fully saturated rings. The monoisotopic (exact) mass is 511 g/mol. The van der Waals surface area contributed by atoms with Gasteiger partial charge >= 0.3 is 0 Å². The first-order chi connectivity index (χ1) is 18.0. The summed E-state index contributed by atoms with van der Waals surface area (Å²) in [6, 6.07) is 19.6. The van der Waals surface area contributed by atoms with Gasteiger partial charge < -0.3 is 19.9 Å². The first-order valence-electron chi connectivity index (χ1n) is 12.4. The number of benzene rings is 2. The van der Waals surface area contributed by atoms with Gasteiger partial charge in [-0.3, -0.25) is 9.78 Å². The van der Waals surface area contributed by atoms with Gasteiger partial charge in [0.2, 0.25) is 5.95 Å². The second-order valence-corrected chi connectivity index (χ2v) is 9.69. The Morgan fingerprint density at radius 3 is 2.62 bits per heavy atom. The summed E-state index contributed by atoms with van der Waals surface area (Å²) in [5.74, 6) is 1.65. The molecule has 0 saturated heterocycles. The number of rotatable bonds is 9. The summed E-state index contributed by atoms with van der Waals surface area (Å²) < 4.78 is 8.09. The number of fused-ring (bicyclic) bond motifs is 1. The number of aromatic nitrogens is 3. The molecule has 0 aliphatic rings. The third kappa shape index (κ3) is 5.49. The number of carbonyl (C=O) groups is 1. The van der Waals surface area contributed by atoms with E-state index in [9.17, 15) is 4.79 Å². The molecule has 0 spiro atoms. The highest BCUT2D eigenvalue weighted by molar-refractivity contribution is 7.14. The molecule has 0 aliphatic heterocycles. The molecule has 0 unspecified atom stereocenters. The van der Waals surface area contributed by atoms with Crippen LogP contribution >= 0.6 is 11.3 Å². The van der Waals surface area contributed by atoms with Crippen molar-refractivity contribution >= 4 is 44.9 Å². The first-order valence-corrected chi connectivity index (χ1v) is 13.3. The smallest absolute Gasteiger partial charge is 0.275 e. The van der Waals surface area contributed by atoms with Gasteiger partial charge in [0.05, 0.1) is 16.0 Å². The molecule has 188 valence electrons. The summed E-state index contributed by atoms with van der Waals surface area (Å²) in [5, 5.41) is 9.18. The lowest BCUT2D eigenvalue weighted by atomic mass is 10.1. The Hall–Kier alpha value is -4.17. The number of pyridine rings is 1. The zero-order chi connectivity index (χ0) is 25.8. The van der Waals surface area contributed by atoms with Crippen molar-refractivity contribution in [2.75, 3.05) is 10.6 Å². The van der Waals surface area contributed by atoms with Crippen molar-refractivity contribution in [3.8, 4) is 11.5 Å². The molecule has 37 heavy (non-hydrogen) atoms.